The van der Waals surface area contributed by atoms with E-state index in [1.807, 2.05) is 47.2 Å². The zero-order valence-corrected chi connectivity index (χ0v) is 18.2. The van der Waals surface area contributed by atoms with E-state index in [1.54, 1.807) is 7.11 Å². The van der Waals surface area contributed by atoms with E-state index in [0.717, 1.165) is 28.8 Å². The molecular formula is C26H33NO3. The third kappa shape index (κ3) is 6.38. The highest BCUT2D eigenvalue weighted by molar-refractivity contribution is 5.85. The second kappa shape index (κ2) is 11.4. The number of aryl methyl sites for hydroxylation is 1. The molecule has 0 amide bonds. The van der Waals surface area contributed by atoms with Crippen LogP contribution in [0.25, 0.3) is 10.9 Å². The second-order valence-electron chi connectivity index (χ2n) is 7.86. The molecule has 0 aliphatic rings. The minimum atomic E-state index is 0.0412. The average molecular weight is 408 g/mol. The van der Waals surface area contributed by atoms with Gasteiger partial charge in [0, 0.05) is 17.1 Å². The fourth-order valence-electron chi connectivity index (χ4n) is 3.70. The molecule has 0 bridgehead atoms. The number of Topliss-reactive ketones (excluding diaryl/α,β-unsaturated/α-hetero) is 1. The molecule has 1 heterocycles. The van der Waals surface area contributed by atoms with Crippen LogP contribution >= 0.6 is 0 Å². The smallest absolute Gasteiger partial charge is 0.189 e. The van der Waals surface area contributed by atoms with E-state index < -0.39 is 0 Å². The van der Waals surface area contributed by atoms with Crippen molar-refractivity contribution in [1.82, 2.24) is 4.57 Å². The van der Waals surface area contributed by atoms with Gasteiger partial charge in [-0.3, -0.25) is 4.79 Å². The maximum absolute atomic E-state index is 12.4. The number of carbonyl (C=O) groups excluding carboxylic acids is 1. The highest BCUT2D eigenvalue weighted by Gasteiger charge is 2.08. The van der Waals surface area contributed by atoms with Gasteiger partial charge < -0.3 is 14.0 Å². The van der Waals surface area contributed by atoms with Gasteiger partial charge in [0.15, 0.2) is 5.78 Å². The molecule has 0 aliphatic heterocycles. The molecule has 3 rings (SSSR count). The molecule has 0 spiro atoms. The van der Waals surface area contributed by atoms with Crippen molar-refractivity contribution in [3.8, 4) is 11.5 Å². The molecule has 4 heteroatoms. The molecule has 1 aromatic heterocycles. The van der Waals surface area contributed by atoms with Crippen molar-refractivity contribution in [2.75, 3.05) is 13.7 Å². The molecule has 0 atom stereocenters. The summed E-state index contributed by atoms with van der Waals surface area (Å²) in [6, 6.07) is 16.0. The lowest BCUT2D eigenvalue weighted by molar-refractivity contribution is -0.121. The Kier molecular flexibility index (Phi) is 8.37. The minimum Gasteiger partial charge on any atom is -0.497 e. The topological polar surface area (TPSA) is 40.5 Å². The number of ether oxygens (including phenoxy) is 2. The highest BCUT2D eigenvalue weighted by Crippen LogP contribution is 2.22. The summed E-state index contributed by atoms with van der Waals surface area (Å²) in [5.41, 5.74) is 2.35. The standard InChI is InChI=1S/C26H33NO3/c1-3-4-5-6-7-8-9-21-10-12-24(13-11-21)30-20-23(28)19-27-17-16-22-18-25(29-2)14-15-26(22)27/h10-18H,3-9,19-20H2,1-2H3. The van der Waals surface area contributed by atoms with E-state index >= 15 is 0 Å². The summed E-state index contributed by atoms with van der Waals surface area (Å²) in [6.07, 6.45) is 10.9. The van der Waals surface area contributed by atoms with Crippen LogP contribution < -0.4 is 9.47 Å². The van der Waals surface area contributed by atoms with Crippen molar-refractivity contribution in [1.29, 1.82) is 0 Å². The number of methoxy groups -OCH3 is 1. The van der Waals surface area contributed by atoms with E-state index in [2.05, 4.69) is 19.1 Å². The van der Waals surface area contributed by atoms with Gasteiger partial charge in [-0.15, -0.1) is 0 Å². The number of ketones is 1. The summed E-state index contributed by atoms with van der Waals surface area (Å²) >= 11 is 0. The van der Waals surface area contributed by atoms with E-state index in [0.29, 0.717) is 6.54 Å². The minimum absolute atomic E-state index is 0.0412. The van der Waals surface area contributed by atoms with Crippen LogP contribution in [0.3, 0.4) is 0 Å². The number of rotatable bonds is 13. The number of fused-ring (bicyclic) bond motifs is 1. The Morgan fingerprint density at radius 2 is 1.63 bits per heavy atom. The molecule has 0 radical (unpaired) electrons. The van der Waals surface area contributed by atoms with Crippen molar-refractivity contribution >= 4 is 16.7 Å². The van der Waals surface area contributed by atoms with Gasteiger partial charge in [0.1, 0.15) is 18.1 Å². The molecule has 30 heavy (non-hydrogen) atoms. The first-order valence-corrected chi connectivity index (χ1v) is 11.1. The monoisotopic (exact) mass is 407 g/mol. The average Bonchev–Trinajstić information content (AvgIpc) is 3.17. The van der Waals surface area contributed by atoms with Crippen LogP contribution in [-0.2, 0) is 17.8 Å². The zero-order valence-electron chi connectivity index (χ0n) is 18.2. The molecule has 160 valence electrons. The lowest BCUT2D eigenvalue weighted by Gasteiger charge is -2.09. The lowest BCUT2D eigenvalue weighted by Crippen LogP contribution is -2.17. The number of carbonyl (C=O) groups is 1. The predicted octanol–water partition coefficient (Wildman–Crippen LogP) is 6.20. The first-order chi connectivity index (χ1) is 14.7. The van der Waals surface area contributed by atoms with Crippen LogP contribution in [0.15, 0.2) is 54.7 Å². The number of aromatic nitrogens is 1. The maximum atomic E-state index is 12.4. The maximum Gasteiger partial charge on any atom is 0.189 e. The summed E-state index contributed by atoms with van der Waals surface area (Å²) in [7, 11) is 1.65. The van der Waals surface area contributed by atoms with Gasteiger partial charge >= 0.3 is 0 Å². The van der Waals surface area contributed by atoms with Crippen molar-refractivity contribution in [2.24, 2.45) is 0 Å². The van der Waals surface area contributed by atoms with Crippen LogP contribution in [0, 0.1) is 0 Å². The van der Waals surface area contributed by atoms with Gasteiger partial charge in [0.25, 0.3) is 0 Å². The Morgan fingerprint density at radius 3 is 2.40 bits per heavy atom. The van der Waals surface area contributed by atoms with Gasteiger partial charge in [-0.25, -0.2) is 0 Å². The third-order valence-corrected chi connectivity index (χ3v) is 5.47. The van der Waals surface area contributed by atoms with E-state index in [4.69, 9.17) is 9.47 Å². The fourth-order valence-corrected chi connectivity index (χ4v) is 3.70. The Labute approximate surface area is 179 Å². The summed E-state index contributed by atoms with van der Waals surface area (Å²) in [5, 5.41) is 1.06. The molecule has 0 N–H and O–H groups in total. The summed E-state index contributed by atoms with van der Waals surface area (Å²) < 4.78 is 12.9. The fraction of sp³-hybridized carbons (Fsp3) is 0.423. The Hall–Kier alpha value is -2.75. The van der Waals surface area contributed by atoms with Crippen LogP contribution in [-0.4, -0.2) is 24.1 Å². The molecule has 2 aromatic carbocycles. The van der Waals surface area contributed by atoms with Gasteiger partial charge in [-0.1, -0.05) is 51.2 Å². The van der Waals surface area contributed by atoms with Crippen molar-refractivity contribution in [2.45, 2.75) is 58.4 Å². The first kappa shape index (κ1) is 21.9. The first-order valence-electron chi connectivity index (χ1n) is 11.1. The molecule has 4 nitrogen and oxygen atoms in total. The lowest BCUT2D eigenvalue weighted by atomic mass is 10.0. The quantitative estimate of drug-likeness (QED) is 0.317. The molecule has 0 aliphatic carbocycles. The Morgan fingerprint density at radius 1 is 0.900 bits per heavy atom. The number of benzene rings is 2. The van der Waals surface area contributed by atoms with Gasteiger partial charge in [-0.2, -0.15) is 0 Å². The van der Waals surface area contributed by atoms with E-state index in [9.17, 15) is 4.79 Å². The van der Waals surface area contributed by atoms with E-state index in [1.165, 1.54) is 44.1 Å². The molecule has 0 saturated carbocycles. The molecule has 0 unspecified atom stereocenters. The molecule has 0 saturated heterocycles. The Bertz CT molecular complexity index is 927. The van der Waals surface area contributed by atoms with Crippen molar-refractivity contribution in [3.05, 3.63) is 60.3 Å². The van der Waals surface area contributed by atoms with Gasteiger partial charge in [0.05, 0.1) is 13.7 Å². The molecule has 0 fully saturated rings. The highest BCUT2D eigenvalue weighted by atomic mass is 16.5. The summed E-state index contributed by atoms with van der Waals surface area (Å²) in [5.74, 6) is 1.60. The van der Waals surface area contributed by atoms with Crippen LogP contribution in [0.2, 0.25) is 0 Å². The molecular weight excluding hydrogens is 374 g/mol. The van der Waals surface area contributed by atoms with Crippen molar-refractivity contribution < 1.29 is 14.3 Å². The van der Waals surface area contributed by atoms with E-state index in [-0.39, 0.29) is 12.4 Å². The molecule has 3 aromatic rings. The largest absolute Gasteiger partial charge is 0.497 e. The number of hydrogen-bond acceptors (Lipinski definition) is 3. The zero-order chi connectivity index (χ0) is 21.2. The second-order valence-corrected chi connectivity index (χ2v) is 7.86. The Balaban J connectivity index is 1.42. The van der Waals surface area contributed by atoms with Crippen LogP contribution in [0.5, 0.6) is 11.5 Å². The number of hydrogen-bond donors (Lipinski definition) is 0. The van der Waals surface area contributed by atoms with Gasteiger partial charge in [0.2, 0.25) is 0 Å². The van der Waals surface area contributed by atoms with Crippen LogP contribution in [0.4, 0.5) is 0 Å². The van der Waals surface area contributed by atoms with Gasteiger partial charge in [-0.05, 0) is 54.8 Å². The summed E-state index contributed by atoms with van der Waals surface area (Å²) in [6.45, 7) is 2.62. The summed E-state index contributed by atoms with van der Waals surface area (Å²) in [4.78, 5) is 12.4. The number of unbranched alkanes of at least 4 members (excludes halogenated alkanes) is 5. The van der Waals surface area contributed by atoms with Crippen LogP contribution in [0.1, 0.15) is 51.0 Å². The SMILES string of the molecule is CCCCCCCCc1ccc(OCC(=O)Cn2ccc3cc(OC)ccc32)cc1. The third-order valence-electron chi connectivity index (χ3n) is 5.47. The normalized spacial score (nSPS) is 11.0. The van der Waals surface area contributed by atoms with Crippen molar-refractivity contribution in [3.63, 3.8) is 0 Å². The number of nitrogens with zero attached hydrogens (tertiary/aromatic N) is 1. The predicted molar refractivity (Wildman–Crippen MR) is 123 cm³/mol.